The fraction of sp³-hybridized carbons (Fsp3) is 0.625. The second kappa shape index (κ2) is 5.75. The minimum Gasteiger partial charge on any atom is -0.387 e. The van der Waals surface area contributed by atoms with Crippen molar-refractivity contribution >= 4 is 5.91 Å². The van der Waals surface area contributed by atoms with Crippen molar-refractivity contribution in [2.24, 2.45) is 0 Å². The van der Waals surface area contributed by atoms with Gasteiger partial charge in [-0.05, 0) is 6.42 Å². The summed E-state index contributed by atoms with van der Waals surface area (Å²) in [4.78, 5) is 12.2. The van der Waals surface area contributed by atoms with Crippen LogP contribution in [0.15, 0.2) is 0 Å². The second-order valence-corrected chi connectivity index (χ2v) is 2.28. The summed E-state index contributed by atoms with van der Waals surface area (Å²) < 4.78 is 0. The summed E-state index contributed by atoms with van der Waals surface area (Å²) in [5.74, 6) is 2.22. The van der Waals surface area contributed by atoms with E-state index in [1.54, 1.807) is 7.05 Å². The lowest BCUT2D eigenvalue weighted by Crippen LogP contribution is -2.29. The molecule has 0 aromatic heterocycles. The molecule has 0 rings (SSSR count). The van der Waals surface area contributed by atoms with E-state index >= 15 is 0 Å². The van der Waals surface area contributed by atoms with Gasteiger partial charge in [0.15, 0.2) is 0 Å². The van der Waals surface area contributed by atoms with Crippen LogP contribution in [0, 0.1) is 12.3 Å². The number of rotatable bonds is 4. The van der Waals surface area contributed by atoms with E-state index in [0.717, 1.165) is 6.42 Å². The molecule has 1 N–H and O–H groups in total. The van der Waals surface area contributed by atoms with E-state index in [1.165, 1.54) is 4.90 Å². The number of nitrogens with zero attached hydrogens (tertiary/aromatic N) is 1. The Balaban J connectivity index is 3.45. The van der Waals surface area contributed by atoms with Gasteiger partial charge in [0, 0.05) is 20.0 Å². The van der Waals surface area contributed by atoms with Gasteiger partial charge in [-0.1, -0.05) is 0 Å². The fourth-order valence-electron chi connectivity index (χ4n) is 0.664. The van der Waals surface area contributed by atoms with E-state index in [0.29, 0.717) is 13.0 Å². The number of unbranched alkanes of at least 4 members (excludes halogenated alkanes) is 1. The van der Waals surface area contributed by atoms with E-state index in [1.807, 2.05) is 0 Å². The van der Waals surface area contributed by atoms with Crippen LogP contribution in [0.1, 0.15) is 12.8 Å². The molecule has 0 aromatic carbocycles. The van der Waals surface area contributed by atoms with Crippen molar-refractivity contribution < 1.29 is 9.90 Å². The van der Waals surface area contributed by atoms with Gasteiger partial charge in [-0.2, -0.15) is 0 Å². The van der Waals surface area contributed by atoms with Crippen molar-refractivity contribution in [2.75, 3.05) is 20.2 Å². The normalized spacial score (nSPS) is 8.82. The quantitative estimate of drug-likeness (QED) is 0.453. The van der Waals surface area contributed by atoms with Crippen LogP contribution in [0.25, 0.3) is 0 Å². The van der Waals surface area contributed by atoms with Crippen LogP contribution in [0.2, 0.25) is 0 Å². The van der Waals surface area contributed by atoms with Crippen LogP contribution >= 0.6 is 0 Å². The number of carbonyl (C=O) groups excluding carboxylic acids is 1. The van der Waals surface area contributed by atoms with Crippen LogP contribution in [-0.2, 0) is 4.79 Å². The first-order chi connectivity index (χ1) is 5.22. The summed E-state index contributed by atoms with van der Waals surface area (Å²) in [5, 5.41) is 8.43. The third-order valence-corrected chi connectivity index (χ3v) is 1.38. The molecular formula is C8H13NO2. The van der Waals surface area contributed by atoms with Crippen LogP contribution < -0.4 is 0 Å². The Bertz CT molecular complexity index is 160. The predicted molar refractivity (Wildman–Crippen MR) is 42.8 cm³/mol. The maximum absolute atomic E-state index is 10.7. The van der Waals surface area contributed by atoms with Crippen molar-refractivity contribution in [3.05, 3.63) is 0 Å². The molecule has 3 nitrogen and oxygen atoms in total. The summed E-state index contributed by atoms with van der Waals surface area (Å²) in [6.07, 6.45) is 6.48. The van der Waals surface area contributed by atoms with Gasteiger partial charge in [-0.15, -0.1) is 12.3 Å². The maximum atomic E-state index is 10.7. The summed E-state index contributed by atoms with van der Waals surface area (Å²) in [7, 11) is 1.65. The van der Waals surface area contributed by atoms with Gasteiger partial charge in [-0.25, -0.2) is 0 Å². The van der Waals surface area contributed by atoms with Gasteiger partial charge in [-0.3, -0.25) is 4.79 Å². The van der Waals surface area contributed by atoms with E-state index in [9.17, 15) is 4.79 Å². The molecule has 0 unspecified atom stereocenters. The number of hydrogen-bond acceptors (Lipinski definition) is 2. The zero-order chi connectivity index (χ0) is 8.69. The topological polar surface area (TPSA) is 40.5 Å². The molecule has 0 aliphatic rings. The first kappa shape index (κ1) is 9.99. The first-order valence-electron chi connectivity index (χ1n) is 3.50. The highest BCUT2D eigenvalue weighted by Gasteiger charge is 2.04. The maximum Gasteiger partial charge on any atom is 0.248 e. The Hall–Kier alpha value is -1.01. The molecule has 0 saturated heterocycles. The number of amides is 1. The van der Waals surface area contributed by atoms with E-state index in [4.69, 9.17) is 11.5 Å². The van der Waals surface area contributed by atoms with Gasteiger partial charge in [0.25, 0.3) is 0 Å². The molecular weight excluding hydrogens is 142 g/mol. The van der Waals surface area contributed by atoms with Crippen molar-refractivity contribution in [3.8, 4) is 12.3 Å². The Morgan fingerprint density at radius 2 is 2.36 bits per heavy atom. The molecule has 0 aliphatic carbocycles. The first-order valence-corrected chi connectivity index (χ1v) is 3.50. The lowest BCUT2D eigenvalue weighted by molar-refractivity contribution is -0.132. The number of hydrogen-bond donors (Lipinski definition) is 1. The van der Waals surface area contributed by atoms with Gasteiger partial charge < -0.3 is 10.0 Å². The fourth-order valence-corrected chi connectivity index (χ4v) is 0.664. The van der Waals surface area contributed by atoms with Crippen molar-refractivity contribution in [3.63, 3.8) is 0 Å². The molecule has 1 amide bonds. The van der Waals surface area contributed by atoms with Crippen LogP contribution in [0.4, 0.5) is 0 Å². The highest BCUT2D eigenvalue weighted by atomic mass is 16.3. The van der Waals surface area contributed by atoms with Crippen LogP contribution in [0.3, 0.4) is 0 Å². The monoisotopic (exact) mass is 155 g/mol. The molecule has 11 heavy (non-hydrogen) atoms. The van der Waals surface area contributed by atoms with E-state index in [2.05, 4.69) is 5.92 Å². The summed E-state index contributed by atoms with van der Waals surface area (Å²) >= 11 is 0. The van der Waals surface area contributed by atoms with Crippen molar-refractivity contribution in [1.29, 1.82) is 0 Å². The van der Waals surface area contributed by atoms with E-state index < -0.39 is 6.61 Å². The minimum absolute atomic E-state index is 0.262. The van der Waals surface area contributed by atoms with Gasteiger partial charge >= 0.3 is 0 Å². The molecule has 0 atom stereocenters. The average molecular weight is 155 g/mol. The standard InChI is InChI=1S/C8H13NO2/c1-3-4-5-6-9(2)8(11)7-10/h1,10H,4-7H2,2H3. The smallest absolute Gasteiger partial charge is 0.248 e. The third-order valence-electron chi connectivity index (χ3n) is 1.38. The Kier molecular flexibility index (Phi) is 5.22. The Labute approximate surface area is 67.0 Å². The summed E-state index contributed by atoms with van der Waals surface area (Å²) in [5.41, 5.74) is 0. The molecule has 0 saturated carbocycles. The largest absolute Gasteiger partial charge is 0.387 e. The number of carbonyl (C=O) groups is 1. The number of likely N-dealkylation sites (N-methyl/N-ethyl adjacent to an activating group) is 1. The lowest BCUT2D eigenvalue weighted by atomic mass is 10.3. The molecule has 0 aromatic rings. The second-order valence-electron chi connectivity index (χ2n) is 2.28. The van der Waals surface area contributed by atoms with Gasteiger partial charge in [0.05, 0.1) is 0 Å². The Morgan fingerprint density at radius 3 is 2.82 bits per heavy atom. The lowest BCUT2D eigenvalue weighted by Gasteiger charge is -2.14. The molecule has 3 heteroatoms. The number of aliphatic hydroxyl groups excluding tert-OH is 1. The zero-order valence-corrected chi connectivity index (χ0v) is 6.71. The highest BCUT2D eigenvalue weighted by molar-refractivity contribution is 5.76. The molecule has 0 radical (unpaired) electrons. The van der Waals surface area contributed by atoms with Crippen molar-refractivity contribution in [2.45, 2.75) is 12.8 Å². The zero-order valence-electron chi connectivity index (χ0n) is 6.71. The van der Waals surface area contributed by atoms with Crippen molar-refractivity contribution in [1.82, 2.24) is 4.90 Å². The predicted octanol–water partition coefficient (Wildman–Crippen LogP) is -0.150. The molecule has 0 heterocycles. The van der Waals surface area contributed by atoms with Gasteiger partial charge in [0.1, 0.15) is 6.61 Å². The SMILES string of the molecule is C#CCCCN(C)C(=O)CO. The third kappa shape index (κ3) is 4.40. The molecule has 62 valence electrons. The van der Waals surface area contributed by atoms with Crippen LogP contribution in [-0.4, -0.2) is 36.1 Å². The van der Waals surface area contributed by atoms with E-state index in [-0.39, 0.29) is 5.91 Å². The Morgan fingerprint density at radius 1 is 1.73 bits per heavy atom. The molecule has 0 bridgehead atoms. The van der Waals surface area contributed by atoms with Crippen LogP contribution in [0.5, 0.6) is 0 Å². The highest BCUT2D eigenvalue weighted by Crippen LogP contribution is 1.91. The number of terminal acetylenes is 1. The average Bonchev–Trinajstić information content (AvgIpc) is 2.03. The minimum atomic E-state index is -0.424. The van der Waals surface area contributed by atoms with Gasteiger partial charge in [0.2, 0.25) is 5.91 Å². The summed E-state index contributed by atoms with van der Waals surface area (Å²) in [6, 6.07) is 0. The number of aliphatic hydroxyl groups is 1. The molecule has 0 spiro atoms. The molecule has 0 fully saturated rings. The summed E-state index contributed by atoms with van der Waals surface area (Å²) in [6.45, 7) is 0.191. The molecule has 0 aliphatic heterocycles.